The van der Waals surface area contributed by atoms with Crippen molar-refractivity contribution in [3.63, 3.8) is 0 Å². The minimum Gasteiger partial charge on any atom is -0.384 e. The topological polar surface area (TPSA) is 80.9 Å². The molecule has 1 amide bonds. The number of amides is 1. The summed E-state index contributed by atoms with van der Waals surface area (Å²) < 4.78 is 0. The maximum atomic E-state index is 10.7. The molecular weight excluding hydrogens is 300 g/mol. The number of aryl methyl sites for hydroxylation is 1. The summed E-state index contributed by atoms with van der Waals surface area (Å²) in [6, 6.07) is 4.09. The minimum absolute atomic E-state index is 0.199. The van der Waals surface area contributed by atoms with Crippen LogP contribution in [0.3, 0.4) is 0 Å². The van der Waals surface area contributed by atoms with Crippen LogP contribution in [0.5, 0.6) is 0 Å². The molecule has 2 aromatic rings. The van der Waals surface area contributed by atoms with Gasteiger partial charge in [0.1, 0.15) is 0 Å². The molecular formula is C19H26N4O. The average molecular weight is 326 g/mol. The first kappa shape index (κ1) is 16.7. The third-order valence-electron chi connectivity index (χ3n) is 4.69. The normalized spacial score (nSPS) is 13.7. The summed E-state index contributed by atoms with van der Waals surface area (Å²) >= 11 is 0. The van der Waals surface area contributed by atoms with Crippen molar-refractivity contribution >= 4 is 22.6 Å². The highest BCUT2D eigenvalue weighted by molar-refractivity contribution is 5.91. The summed E-state index contributed by atoms with van der Waals surface area (Å²) in [5.74, 6) is -0.199. The number of rotatable bonds is 8. The number of hydrogen-bond acceptors (Lipinski definition) is 4. The highest BCUT2D eigenvalue weighted by Crippen LogP contribution is 2.32. The van der Waals surface area contributed by atoms with Crippen molar-refractivity contribution < 1.29 is 4.79 Å². The number of nitrogens with zero attached hydrogens (tertiary/aromatic N) is 2. The first-order valence-electron chi connectivity index (χ1n) is 9.04. The molecule has 5 nitrogen and oxygen atoms in total. The van der Waals surface area contributed by atoms with Gasteiger partial charge >= 0.3 is 0 Å². The zero-order valence-corrected chi connectivity index (χ0v) is 14.2. The Bertz CT molecular complexity index is 714. The van der Waals surface area contributed by atoms with Crippen molar-refractivity contribution in [2.75, 3.05) is 11.9 Å². The second-order valence-electron chi connectivity index (χ2n) is 6.55. The van der Waals surface area contributed by atoms with Gasteiger partial charge in [0.25, 0.3) is 0 Å². The Morgan fingerprint density at radius 2 is 2.00 bits per heavy atom. The van der Waals surface area contributed by atoms with Crippen molar-refractivity contribution in [1.82, 2.24) is 9.97 Å². The maximum absolute atomic E-state index is 10.7. The quantitative estimate of drug-likeness (QED) is 0.729. The largest absolute Gasteiger partial charge is 0.384 e. The number of fused-ring (bicyclic) bond motifs is 2. The van der Waals surface area contributed by atoms with Gasteiger partial charge in [0.15, 0.2) is 5.65 Å². The van der Waals surface area contributed by atoms with Crippen LogP contribution in [0.15, 0.2) is 18.3 Å². The van der Waals surface area contributed by atoms with E-state index >= 15 is 0 Å². The van der Waals surface area contributed by atoms with Gasteiger partial charge in [-0.05, 0) is 56.2 Å². The van der Waals surface area contributed by atoms with Crippen molar-refractivity contribution in [2.45, 2.75) is 57.8 Å². The van der Waals surface area contributed by atoms with Gasteiger partial charge in [-0.15, -0.1) is 0 Å². The van der Waals surface area contributed by atoms with E-state index in [0.717, 1.165) is 56.1 Å². The zero-order valence-electron chi connectivity index (χ0n) is 14.2. The fourth-order valence-corrected chi connectivity index (χ4v) is 3.45. The smallest absolute Gasteiger partial charge is 0.217 e. The van der Waals surface area contributed by atoms with E-state index in [1.807, 2.05) is 12.3 Å². The molecule has 0 atom stereocenters. The van der Waals surface area contributed by atoms with Crippen molar-refractivity contribution in [1.29, 1.82) is 0 Å². The number of nitrogens with two attached hydrogens (primary N) is 1. The lowest BCUT2D eigenvalue weighted by Crippen LogP contribution is -2.12. The Morgan fingerprint density at radius 3 is 2.88 bits per heavy atom. The molecule has 1 aliphatic rings. The molecule has 0 aromatic carbocycles. The van der Waals surface area contributed by atoms with E-state index in [9.17, 15) is 4.79 Å². The standard InChI is InChI=1S/C19H26N4O/c20-17(24)11-3-1-2-6-12-21-18-14-8-4-5-10-16(14)23-19-15(18)9-7-13-22-19/h7,9,13H,1-6,8,10-12H2,(H2,20,24)(H,21,22,23). The maximum Gasteiger partial charge on any atom is 0.217 e. The van der Waals surface area contributed by atoms with Gasteiger partial charge in [-0.1, -0.05) is 12.8 Å². The van der Waals surface area contributed by atoms with Crippen LogP contribution in [-0.4, -0.2) is 22.4 Å². The van der Waals surface area contributed by atoms with E-state index in [0.29, 0.717) is 6.42 Å². The SMILES string of the molecule is NC(=O)CCCCCCNc1c2c(nc3ncccc13)CCCC2. The molecule has 0 spiro atoms. The zero-order chi connectivity index (χ0) is 16.8. The van der Waals surface area contributed by atoms with Gasteiger partial charge in [0.05, 0.1) is 5.69 Å². The minimum atomic E-state index is -0.199. The highest BCUT2D eigenvalue weighted by Gasteiger charge is 2.18. The Morgan fingerprint density at radius 1 is 1.17 bits per heavy atom. The lowest BCUT2D eigenvalue weighted by Gasteiger charge is -2.21. The molecule has 1 aliphatic carbocycles. The van der Waals surface area contributed by atoms with Crippen LogP contribution in [0, 0.1) is 0 Å². The first-order valence-corrected chi connectivity index (χ1v) is 9.04. The predicted molar refractivity (Wildman–Crippen MR) is 96.9 cm³/mol. The summed E-state index contributed by atoms with van der Waals surface area (Å²) in [5, 5.41) is 4.78. The second-order valence-corrected chi connectivity index (χ2v) is 6.55. The van der Waals surface area contributed by atoms with Crippen LogP contribution in [-0.2, 0) is 17.6 Å². The number of anilines is 1. The van der Waals surface area contributed by atoms with Gasteiger partial charge in [-0.3, -0.25) is 4.79 Å². The Kier molecular flexibility index (Phi) is 5.62. The average Bonchev–Trinajstić information content (AvgIpc) is 2.59. The molecule has 128 valence electrons. The number of unbranched alkanes of at least 4 members (excludes halogenated alkanes) is 3. The monoisotopic (exact) mass is 326 g/mol. The molecule has 5 heteroatoms. The van der Waals surface area contributed by atoms with Crippen molar-refractivity contribution in [3.05, 3.63) is 29.6 Å². The molecule has 0 fully saturated rings. The van der Waals surface area contributed by atoms with E-state index in [1.54, 1.807) is 0 Å². The predicted octanol–water partition coefficient (Wildman–Crippen LogP) is 3.36. The molecule has 3 rings (SSSR count). The van der Waals surface area contributed by atoms with Crippen LogP contribution in [0.1, 0.15) is 56.2 Å². The summed E-state index contributed by atoms with van der Waals surface area (Å²) in [4.78, 5) is 19.9. The van der Waals surface area contributed by atoms with Crippen LogP contribution >= 0.6 is 0 Å². The van der Waals surface area contributed by atoms with Crippen LogP contribution < -0.4 is 11.1 Å². The molecule has 0 unspecified atom stereocenters. The van der Waals surface area contributed by atoms with E-state index in [4.69, 9.17) is 10.7 Å². The number of pyridine rings is 2. The second kappa shape index (κ2) is 8.08. The fraction of sp³-hybridized carbons (Fsp3) is 0.526. The van der Waals surface area contributed by atoms with Crippen LogP contribution in [0.4, 0.5) is 5.69 Å². The number of hydrogen-bond donors (Lipinski definition) is 2. The first-order chi connectivity index (χ1) is 11.8. The lowest BCUT2D eigenvalue weighted by molar-refractivity contribution is -0.118. The van der Waals surface area contributed by atoms with E-state index in [2.05, 4.69) is 16.4 Å². The molecule has 2 heterocycles. The molecule has 3 N–H and O–H groups in total. The summed E-state index contributed by atoms with van der Waals surface area (Å²) in [5.41, 5.74) is 9.85. The number of aromatic nitrogens is 2. The summed E-state index contributed by atoms with van der Waals surface area (Å²) in [6.07, 6.45) is 11.1. The number of primary amides is 1. The third-order valence-corrected chi connectivity index (χ3v) is 4.69. The fourth-order valence-electron chi connectivity index (χ4n) is 3.45. The summed E-state index contributed by atoms with van der Waals surface area (Å²) in [6.45, 7) is 0.941. The van der Waals surface area contributed by atoms with E-state index in [1.165, 1.54) is 29.8 Å². The number of carbonyl (C=O) groups is 1. The van der Waals surface area contributed by atoms with Gasteiger partial charge in [-0.25, -0.2) is 9.97 Å². The Labute approximate surface area is 143 Å². The van der Waals surface area contributed by atoms with Gasteiger partial charge in [-0.2, -0.15) is 0 Å². The molecule has 0 saturated carbocycles. The van der Waals surface area contributed by atoms with Gasteiger partial charge < -0.3 is 11.1 Å². The third kappa shape index (κ3) is 4.02. The molecule has 2 aromatic heterocycles. The van der Waals surface area contributed by atoms with E-state index < -0.39 is 0 Å². The van der Waals surface area contributed by atoms with E-state index in [-0.39, 0.29) is 5.91 Å². The van der Waals surface area contributed by atoms with Crippen LogP contribution in [0.2, 0.25) is 0 Å². The van der Waals surface area contributed by atoms with Gasteiger partial charge in [0, 0.05) is 30.2 Å². The van der Waals surface area contributed by atoms with Gasteiger partial charge in [0.2, 0.25) is 5.91 Å². The Hall–Kier alpha value is -2.17. The summed E-state index contributed by atoms with van der Waals surface area (Å²) in [7, 11) is 0. The highest BCUT2D eigenvalue weighted by atomic mass is 16.1. The Balaban J connectivity index is 1.64. The molecule has 24 heavy (non-hydrogen) atoms. The van der Waals surface area contributed by atoms with Crippen LogP contribution in [0.25, 0.3) is 11.0 Å². The lowest BCUT2D eigenvalue weighted by atomic mass is 9.93. The molecule has 0 saturated heterocycles. The van der Waals surface area contributed by atoms with Crippen molar-refractivity contribution in [3.8, 4) is 0 Å². The molecule has 0 radical (unpaired) electrons. The molecule has 0 bridgehead atoms. The van der Waals surface area contributed by atoms with Crippen molar-refractivity contribution in [2.24, 2.45) is 5.73 Å². The number of carbonyl (C=O) groups excluding carboxylic acids is 1. The number of nitrogens with one attached hydrogen (secondary N) is 1. The molecule has 0 aliphatic heterocycles.